The fourth-order valence-electron chi connectivity index (χ4n) is 4.80. The molecule has 1 atom stereocenters. The molecule has 5 rings (SSSR count). The van der Waals surface area contributed by atoms with Gasteiger partial charge in [-0.1, -0.05) is 12.1 Å². The second kappa shape index (κ2) is 6.65. The minimum Gasteiger partial charge on any atom is -0.356 e. The van der Waals surface area contributed by atoms with E-state index in [2.05, 4.69) is 4.98 Å². The minimum absolute atomic E-state index is 0.0276. The third-order valence-electron chi connectivity index (χ3n) is 6.39. The lowest BCUT2D eigenvalue weighted by molar-refractivity contribution is -0.165. The summed E-state index contributed by atoms with van der Waals surface area (Å²) in [5.74, 6) is -0.899. The molecule has 2 aromatic carbocycles. The van der Waals surface area contributed by atoms with Gasteiger partial charge in [0, 0.05) is 24.0 Å². The van der Waals surface area contributed by atoms with E-state index >= 15 is 0 Å². The number of piperazine rings is 1. The lowest BCUT2D eigenvalue weighted by Gasteiger charge is -2.49. The van der Waals surface area contributed by atoms with Gasteiger partial charge in [-0.2, -0.15) is 0 Å². The Morgan fingerprint density at radius 2 is 1.80 bits per heavy atom. The van der Waals surface area contributed by atoms with E-state index in [0.717, 1.165) is 22.0 Å². The predicted octanol–water partition coefficient (Wildman–Crippen LogP) is 3.13. The van der Waals surface area contributed by atoms with Gasteiger partial charge in [-0.25, -0.2) is 8.78 Å². The van der Waals surface area contributed by atoms with Crippen molar-refractivity contribution < 1.29 is 18.4 Å². The molecule has 30 heavy (non-hydrogen) atoms. The Morgan fingerprint density at radius 3 is 2.57 bits per heavy atom. The average molecular weight is 409 g/mol. The molecule has 2 aliphatic rings. The first-order valence-corrected chi connectivity index (χ1v) is 10.0. The number of H-pyrrole nitrogens is 1. The summed E-state index contributed by atoms with van der Waals surface area (Å²) in [6, 6.07) is 10.7. The number of rotatable bonds is 3. The quantitative estimate of drug-likeness (QED) is 0.723. The van der Waals surface area contributed by atoms with Gasteiger partial charge >= 0.3 is 0 Å². The summed E-state index contributed by atoms with van der Waals surface area (Å²) in [4.78, 5) is 33.0. The van der Waals surface area contributed by atoms with Gasteiger partial charge in [-0.15, -0.1) is 0 Å². The Bertz CT molecular complexity index is 1170. The molecule has 1 fully saturated rings. The number of aromatic amines is 1. The van der Waals surface area contributed by atoms with Crippen molar-refractivity contribution in [2.75, 3.05) is 19.6 Å². The Balaban J connectivity index is 1.50. The highest BCUT2D eigenvalue weighted by atomic mass is 19.1. The molecule has 1 aromatic heterocycles. The van der Waals surface area contributed by atoms with E-state index in [1.807, 2.05) is 0 Å². The molecule has 0 unspecified atom stereocenters. The van der Waals surface area contributed by atoms with Crippen molar-refractivity contribution in [3.63, 3.8) is 0 Å². The number of benzene rings is 2. The maximum Gasteiger partial charge on any atom is 0.254 e. The van der Waals surface area contributed by atoms with Crippen molar-refractivity contribution in [1.82, 2.24) is 14.8 Å². The number of carbonyl (C=O) groups excluding carboxylic acids is 2. The molecule has 2 amide bonds. The third kappa shape index (κ3) is 2.72. The number of carbonyl (C=O) groups is 2. The fourth-order valence-corrected chi connectivity index (χ4v) is 4.80. The van der Waals surface area contributed by atoms with Gasteiger partial charge in [-0.3, -0.25) is 9.59 Å². The molecule has 154 valence electrons. The molecule has 0 radical (unpaired) electrons. The molecule has 2 aliphatic heterocycles. The number of nitrogens with zero attached hydrogens (tertiary/aromatic N) is 2. The van der Waals surface area contributed by atoms with E-state index in [1.165, 1.54) is 24.3 Å². The van der Waals surface area contributed by atoms with Crippen LogP contribution in [0.15, 0.2) is 42.5 Å². The van der Waals surface area contributed by atoms with Crippen LogP contribution in [-0.4, -0.2) is 46.2 Å². The third-order valence-corrected chi connectivity index (χ3v) is 6.39. The Kier molecular flexibility index (Phi) is 4.17. The van der Waals surface area contributed by atoms with Gasteiger partial charge in [0.15, 0.2) is 5.54 Å². The zero-order valence-electron chi connectivity index (χ0n) is 16.5. The van der Waals surface area contributed by atoms with Crippen molar-refractivity contribution in [3.8, 4) is 0 Å². The number of nitrogens with one attached hydrogen (secondary N) is 1. The van der Waals surface area contributed by atoms with Crippen molar-refractivity contribution in [1.29, 1.82) is 0 Å². The molecule has 5 nitrogen and oxygen atoms in total. The first-order chi connectivity index (χ1) is 14.4. The van der Waals surface area contributed by atoms with Gasteiger partial charge in [0.25, 0.3) is 5.91 Å². The monoisotopic (exact) mass is 409 g/mol. The Hall–Kier alpha value is -3.22. The van der Waals surface area contributed by atoms with Gasteiger partial charge in [0.05, 0.1) is 12.2 Å². The normalized spacial score (nSPS) is 21.2. The second-order valence-corrected chi connectivity index (χ2v) is 8.14. The van der Waals surface area contributed by atoms with E-state index in [9.17, 15) is 18.4 Å². The lowest BCUT2D eigenvalue weighted by Crippen LogP contribution is -2.67. The number of amides is 2. The minimum atomic E-state index is -1.15. The van der Waals surface area contributed by atoms with Crippen LogP contribution in [0.2, 0.25) is 0 Å². The van der Waals surface area contributed by atoms with Crippen LogP contribution < -0.4 is 0 Å². The van der Waals surface area contributed by atoms with Crippen molar-refractivity contribution in [3.05, 3.63) is 70.9 Å². The molecule has 3 heterocycles. The summed E-state index contributed by atoms with van der Waals surface area (Å²) in [5, 5.41) is 0.759. The summed E-state index contributed by atoms with van der Waals surface area (Å²) in [5.41, 5.74) is 2.06. The van der Waals surface area contributed by atoms with Crippen LogP contribution in [0.3, 0.4) is 0 Å². The molecular formula is C23H21F2N3O2. The van der Waals surface area contributed by atoms with E-state index < -0.39 is 5.54 Å². The van der Waals surface area contributed by atoms with Crippen LogP contribution in [0.1, 0.15) is 23.7 Å². The van der Waals surface area contributed by atoms with Crippen LogP contribution in [0.4, 0.5) is 8.78 Å². The molecule has 7 heteroatoms. The van der Waals surface area contributed by atoms with Crippen molar-refractivity contribution in [2.24, 2.45) is 0 Å². The zero-order valence-corrected chi connectivity index (χ0v) is 16.5. The second-order valence-electron chi connectivity index (χ2n) is 8.14. The first kappa shape index (κ1) is 18.8. The van der Waals surface area contributed by atoms with Crippen LogP contribution in [0.25, 0.3) is 10.9 Å². The maximum absolute atomic E-state index is 13.8. The van der Waals surface area contributed by atoms with E-state index in [4.69, 9.17) is 0 Å². The highest BCUT2D eigenvalue weighted by Gasteiger charge is 2.53. The molecule has 3 aromatic rings. The van der Waals surface area contributed by atoms with Crippen molar-refractivity contribution >= 4 is 22.7 Å². The molecule has 0 spiro atoms. The number of hydrogen-bond donors (Lipinski definition) is 1. The summed E-state index contributed by atoms with van der Waals surface area (Å²) < 4.78 is 27.0. The van der Waals surface area contributed by atoms with Crippen LogP contribution in [0, 0.1) is 11.6 Å². The predicted molar refractivity (Wildman–Crippen MR) is 108 cm³/mol. The standard InChI is InChI=1S/C23H21F2N3O2/c1-23-21-17(18-12-16(25)6-7-19(18)26-21)9-11-28(23)20(29)13-27(22(23)30)10-8-14-2-4-15(24)5-3-14/h2-7,12,26H,8-11,13H2,1H3/t23-/m1/s1. The first-order valence-electron chi connectivity index (χ1n) is 10.0. The molecule has 1 saturated heterocycles. The molecule has 0 bridgehead atoms. The maximum atomic E-state index is 13.8. The fraction of sp³-hybridized carbons (Fsp3) is 0.304. The Labute approximate surface area is 172 Å². The lowest BCUT2D eigenvalue weighted by atomic mass is 9.83. The topological polar surface area (TPSA) is 56.4 Å². The van der Waals surface area contributed by atoms with Gasteiger partial charge in [0.2, 0.25) is 5.91 Å². The van der Waals surface area contributed by atoms with Crippen LogP contribution >= 0.6 is 0 Å². The van der Waals surface area contributed by atoms with Gasteiger partial charge < -0.3 is 14.8 Å². The highest BCUT2D eigenvalue weighted by Crippen LogP contribution is 2.42. The molecular weight excluding hydrogens is 388 g/mol. The smallest absolute Gasteiger partial charge is 0.254 e. The van der Waals surface area contributed by atoms with E-state index in [-0.39, 0.29) is 30.0 Å². The SMILES string of the molecule is C[C@@]12C(=O)N(CCc3ccc(F)cc3)CC(=O)N1CCc1c2[nH]c2ccc(F)cc12. The highest BCUT2D eigenvalue weighted by molar-refractivity contribution is 6.00. The number of halogens is 2. The zero-order chi connectivity index (χ0) is 21.0. The molecule has 1 N–H and O–H groups in total. The van der Waals surface area contributed by atoms with Gasteiger partial charge in [-0.05, 0) is 61.2 Å². The average Bonchev–Trinajstić information content (AvgIpc) is 3.10. The number of hydrogen-bond acceptors (Lipinski definition) is 2. The largest absolute Gasteiger partial charge is 0.356 e. The van der Waals surface area contributed by atoms with E-state index in [1.54, 1.807) is 34.9 Å². The van der Waals surface area contributed by atoms with E-state index in [0.29, 0.717) is 31.6 Å². The summed E-state index contributed by atoms with van der Waals surface area (Å²) in [6.45, 7) is 2.58. The summed E-state index contributed by atoms with van der Waals surface area (Å²) >= 11 is 0. The molecule has 0 saturated carbocycles. The Morgan fingerprint density at radius 1 is 1.07 bits per heavy atom. The van der Waals surface area contributed by atoms with Gasteiger partial charge in [0.1, 0.15) is 11.6 Å². The summed E-state index contributed by atoms with van der Waals surface area (Å²) in [7, 11) is 0. The van der Waals surface area contributed by atoms with Crippen molar-refractivity contribution in [2.45, 2.75) is 25.3 Å². The summed E-state index contributed by atoms with van der Waals surface area (Å²) in [6.07, 6.45) is 1.10. The van der Waals surface area contributed by atoms with Crippen LogP contribution in [-0.2, 0) is 28.0 Å². The number of aromatic nitrogens is 1. The number of fused-ring (bicyclic) bond motifs is 5. The molecule has 0 aliphatic carbocycles. The van der Waals surface area contributed by atoms with Crippen LogP contribution in [0.5, 0.6) is 0 Å².